The largest absolute Gasteiger partial charge is 0.357 e. The second-order valence-corrected chi connectivity index (χ2v) is 4.63. The summed E-state index contributed by atoms with van der Waals surface area (Å²) in [5, 5.41) is 6.14. The van der Waals surface area contributed by atoms with E-state index in [1.807, 2.05) is 0 Å². The molecule has 0 bridgehead atoms. The topological polar surface area (TPSA) is 74.3 Å². The maximum Gasteiger partial charge on any atom is 0.273 e. The molecule has 19 heavy (non-hydrogen) atoms. The molecule has 2 heterocycles. The summed E-state index contributed by atoms with van der Waals surface area (Å²) >= 11 is 5.74. The van der Waals surface area contributed by atoms with Gasteiger partial charge in [-0.05, 0) is 12.1 Å². The van der Waals surface area contributed by atoms with E-state index in [4.69, 9.17) is 11.6 Å². The van der Waals surface area contributed by atoms with Crippen LogP contribution < -0.4 is 10.6 Å². The van der Waals surface area contributed by atoms with Crippen LogP contribution in [0.5, 0.6) is 0 Å². The Morgan fingerprint density at radius 2 is 2.32 bits per heavy atom. The van der Waals surface area contributed by atoms with Crippen molar-refractivity contribution in [3.63, 3.8) is 0 Å². The number of nitrogens with one attached hydrogen (secondary N) is 2. The molecule has 7 heteroatoms. The van der Waals surface area contributed by atoms with Gasteiger partial charge in [0.1, 0.15) is 11.7 Å². The third-order valence-electron chi connectivity index (χ3n) is 3.00. The third-order valence-corrected chi connectivity index (χ3v) is 3.22. The van der Waals surface area contributed by atoms with Crippen LogP contribution in [-0.4, -0.2) is 54.4 Å². The van der Waals surface area contributed by atoms with Crippen LogP contribution >= 0.6 is 11.6 Å². The van der Waals surface area contributed by atoms with Gasteiger partial charge in [-0.25, -0.2) is 4.98 Å². The number of likely N-dealkylation sites (N-methyl/N-ethyl adjacent to an activating group) is 1. The van der Waals surface area contributed by atoms with Gasteiger partial charge in [-0.3, -0.25) is 9.59 Å². The fraction of sp³-hybridized carbons (Fsp3) is 0.417. The Kier molecular flexibility index (Phi) is 4.34. The molecule has 2 amide bonds. The molecule has 2 N–H and O–H groups in total. The number of halogens is 1. The first-order chi connectivity index (χ1) is 9.13. The van der Waals surface area contributed by atoms with Crippen LogP contribution in [0, 0.1) is 0 Å². The minimum absolute atomic E-state index is 0.186. The molecule has 2 rings (SSSR count). The highest BCUT2D eigenvalue weighted by atomic mass is 35.5. The fourth-order valence-electron chi connectivity index (χ4n) is 2.00. The lowest BCUT2D eigenvalue weighted by molar-refractivity contribution is -0.125. The summed E-state index contributed by atoms with van der Waals surface area (Å²) < 4.78 is 0. The number of piperazine rings is 1. The second kappa shape index (κ2) is 5.99. The summed E-state index contributed by atoms with van der Waals surface area (Å²) in [6.07, 6.45) is 1.42. The summed E-state index contributed by atoms with van der Waals surface area (Å²) in [5.74, 6) is -0.443. The minimum Gasteiger partial charge on any atom is -0.357 e. The van der Waals surface area contributed by atoms with Crippen molar-refractivity contribution in [2.75, 3.05) is 26.7 Å². The van der Waals surface area contributed by atoms with Crippen molar-refractivity contribution in [2.24, 2.45) is 0 Å². The lowest BCUT2D eigenvalue weighted by Gasteiger charge is -2.34. The van der Waals surface area contributed by atoms with Crippen LogP contribution in [0.15, 0.2) is 18.3 Å². The predicted molar refractivity (Wildman–Crippen MR) is 71.0 cm³/mol. The lowest BCUT2D eigenvalue weighted by atomic mass is 10.1. The molecule has 0 aromatic carbocycles. The lowest BCUT2D eigenvalue weighted by Crippen LogP contribution is -2.59. The fourth-order valence-corrected chi connectivity index (χ4v) is 2.11. The van der Waals surface area contributed by atoms with Crippen LogP contribution in [0.1, 0.15) is 10.5 Å². The minimum atomic E-state index is -0.510. The van der Waals surface area contributed by atoms with Crippen molar-refractivity contribution in [3.8, 4) is 0 Å². The summed E-state index contributed by atoms with van der Waals surface area (Å²) in [5.41, 5.74) is 0.292. The number of carbonyl (C=O) groups is 2. The van der Waals surface area contributed by atoms with E-state index >= 15 is 0 Å². The monoisotopic (exact) mass is 282 g/mol. The average Bonchev–Trinajstić information content (AvgIpc) is 2.46. The molecule has 1 fully saturated rings. The summed E-state index contributed by atoms with van der Waals surface area (Å²) in [6, 6.07) is 2.66. The molecular formula is C12H15ClN4O2. The number of nitrogens with zero attached hydrogens (tertiary/aromatic N) is 2. The zero-order valence-electron chi connectivity index (χ0n) is 10.5. The van der Waals surface area contributed by atoms with E-state index in [9.17, 15) is 9.59 Å². The molecule has 1 aromatic rings. The molecule has 102 valence electrons. The Morgan fingerprint density at radius 3 is 2.95 bits per heavy atom. The van der Waals surface area contributed by atoms with Gasteiger partial charge >= 0.3 is 0 Å². The molecule has 6 nitrogen and oxygen atoms in total. The third kappa shape index (κ3) is 3.02. The molecule has 1 atom stereocenters. The Balaban J connectivity index is 2.20. The average molecular weight is 283 g/mol. The molecule has 1 saturated heterocycles. The number of aromatic nitrogens is 1. The highest BCUT2D eigenvalue weighted by molar-refractivity contribution is 6.30. The van der Waals surface area contributed by atoms with Crippen molar-refractivity contribution in [3.05, 3.63) is 29.0 Å². The first-order valence-electron chi connectivity index (χ1n) is 5.98. The molecule has 1 aliphatic heterocycles. The SMILES string of the molecule is CNC(=O)C1CNCCN1C(=O)c1ccc(Cl)cn1. The van der Waals surface area contributed by atoms with E-state index in [1.54, 1.807) is 19.2 Å². The van der Waals surface area contributed by atoms with Crippen LogP contribution in [0.2, 0.25) is 5.02 Å². The van der Waals surface area contributed by atoms with Crippen molar-refractivity contribution >= 4 is 23.4 Å². The van der Waals surface area contributed by atoms with Crippen LogP contribution in [0.25, 0.3) is 0 Å². The summed E-state index contributed by atoms with van der Waals surface area (Å²) in [6.45, 7) is 1.58. The molecular weight excluding hydrogens is 268 g/mol. The van der Waals surface area contributed by atoms with Gasteiger partial charge in [-0.1, -0.05) is 11.6 Å². The van der Waals surface area contributed by atoms with Crippen LogP contribution in [0.4, 0.5) is 0 Å². The standard InChI is InChI=1S/C12H15ClN4O2/c1-14-11(18)10-7-15-4-5-17(10)12(19)9-3-2-8(13)6-16-9/h2-3,6,10,15H,4-5,7H2,1H3,(H,14,18). The van der Waals surface area contributed by atoms with Gasteiger partial charge in [0.05, 0.1) is 5.02 Å². The summed E-state index contributed by atoms with van der Waals surface area (Å²) in [4.78, 5) is 29.7. The van der Waals surface area contributed by atoms with Gasteiger partial charge in [0, 0.05) is 32.9 Å². The Morgan fingerprint density at radius 1 is 1.53 bits per heavy atom. The van der Waals surface area contributed by atoms with Crippen molar-refractivity contribution < 1.29 is 9.59 Å². The maximum atomic E-state index is 12.4. The molecule has 0 radical (unpaired) electrons. The van der Waals surface area contributed by atoms with E-state index in [0.717, 1.165) is 0 Å². The predicted octanol–water partition coefficient (Wildman–Crippen LogP) is -0.105. The smallest absolute Gasteiger partial charge is 0.273 e. The van der Waals surface area contributed by atoms with E-state index in [2.05, 4.69) is 15.6 Å². The number of hydrogen-bond donors (Lipinski definition) is 2. The molecule has 0 saturated carbocycles. The summed E-state index contributed by atoms with van der Waals surface area (Å²) in [7, 11) is 1.56. The van der Waals surface area contributed by atoms with Crippen LogP contribution in [-0.2, 0) is 4.79 Å². The number of amides is 2. The van der Waals surface area contributed by atoms with E-state index in [0.29, 0.717) is 30.4 Å². The highest BCUT2D eigenvalue weighted by Crippen LogP contribution is 2.12. The first kappa shape index (κ1) is 13.8. The normalized spacial score (nSPS) is 19.1. The molecule has 1 unspecified atom stereocenters. The number of rotatable bonds is 2. The highest BCUT2D eigenvalue weighted by Gasteiger charge is 2.32. The zero-order chi connectivity index (χ0) is 13.8. The quantitative estimate of drug-likeness (QED) is 0.794. The van der Waals surface area contributed by atoms with E-state index < -0.39 is 6.04 Å². The zero-order valence-corrected chi connectivity index (χ0v) is 11.3. The van der Waals surface area contributed by atoms with Gasteiger partial charge in [-0.15, -0.1) is 0 Å². The van der Waals surface area contributed by atoms with Gasteiger partial charge in [0.25, 0.3) is 5.91 Å². The molecule has 1 aromatic heterocycles. The van der Waals surface area contributed by atoms with Gasteiger partial charge < -0.3 is 15.5 Å². The Hall–Kier alpha value is -1.66. The van der Waals surface area contributed by atoms with Crippen molar-refractivity contribution in [1.82, 2.24) is 20.5 Å². The Bertz CT molecular complexity index is 477. The van der Waals surface area contributed by atoms with E-state index in [-0.39, 0.29) is 11.8 Å². The first-order valence-corrected chi connectivity index (χ1v) is 6.36. The maximum absolute atomic E-state index is 12.4. The van der Waals surface area contributed by atoms with Gasteiger partial charge in [0.15, 0.2) is 0 Å². The van der Waals surface area contributed by atoms with E-state index in [1.165, 1.54) is 11.1 Å². The van der Waals surface area contributed by atoms with Gasteiger partial charge in [-0.2, -0.15) is 0 Å². The van der Waals surface area contributed by atoms with Gasteiger partial charge in [0.2, 0.25) is 5.91 Å². The number of carbonyl (C=O) groups excluding carboxylic acids is 2. The molecule has 0 aliphatic carbocycles. The van der Waals surface area contributed by atoms with Crippen molar-refractivity contribution in [2.45, 2.75) is 6.04 Å². The number of pyridine rings is 1. The second-order valence-electron chi connectivity index (χ2n) is 4.19. The van der Waals surface area contributed by atoms with Crippen molar-refractivity contribution in [1.29, 1.82) is 0 Å². The Labute approximate surface area is 116 Å². The molecule has 0 spiro atoms. The molecule has 1 aliphatic rings. The van der Waals surface area contributed by atoms with Crippen LogP contribution in [0.3, 0.4) is 0 Å². The number of hydrogen-bond acceptors (Lipinski definition) is 4.